The Hall–Kier alpha value is -1.72. The summed E-state index contributed by atoms with van der Waals surface area (Å²) >= 11 is 0. The average molecular weight is 274 g/mol. The van der Waals surface area contributed by atoms with Crippen LogP contribution in [0.5, 0.6) is 0 Å². The summed E-state index contributed by atoms with van der Waals surface area (Å²) in [7, 11) is 0. The molecular weight excluding hydrogens is 252 g/mol. The molecule has 2 unspecified atom stereocenters. The molecule has 1 saturated heterocycles. The van der Waals surface area contributed by atoms with Gasteiger partial charge in [-0.15, -0.1) is 0 Å². The molecule has 2 atom stereocenters. The van der Waals surface area contributed by atoms with Crippen molar-refractivity contribution in [1.82, 2.24) is 16.3 Å². The molecule has 1 aliphatic rings. The van der Waals surface area contributed by atoms with Crippen molar-refractivity contribution < 1.29 is 4.79 Å². The van der Waals surface area contributed by atoms with Crippen molar-refractivity contribution in [3.63, 3.8) is 0 Å². The van der Waals surface area contributed by atoms with E-state index in [4.69, 9.17) is 0 Å². The van der Waals surface area contributed by atoms with E-state index in [2.05, 4.69) is 33.5 Å². The molecule has 1 aromatic rings. The summed E-state index contributed by atoms with van der Waals surface area (Å²) in [5, 5.41) is 4.15. The van der Waals surface area contributed by atoms with Gasteiger partial charge in [0.15, 0.2) is 0 Å². The molecule has 0 aromatic heterocycles. The van der Waals surface area contributed by atoms with Crippen molar-refractivity contribution in [3.05, 3.63) is 35.9 Å². The first-order valence-corrected chi connectivity index (χ1v) is 7.15. The number of rotatable bonds is 5. The minimum absolute atomic E-state index is 0.0877. The maximum Gasteiger partial charge on any atom is 0.258 e. The van der Waals surface area contributed by atoms with Crippen molar-refractivity contribution in [3.8, 4) is 0 Å². The Kier molecular flexibility index (Phi) is 5.26. The lowest BCUT2D eigenvalue weighted by Gasteiger charge is -2.09. The molecule has 0 radical (unpaired) electrons. The number of hydrazone groups is 1. The maximum absolute atomic E-state index is 12.0. The number of hydrazine groups is 1. The molecule has 1 aliphatic heterocycles. The van der Waals surface area contributed by atoms with Gasteiger partial charge in [-0.05, 0) is 24.8 Å². The van der Waals surface area contributed by atoms with Crippen LogP contribution in [0.4, 0.5) is 0 Å². The van der Waals surface area contributed by atoms with E-state index in [1.54, 1.807) is 0 Å². The van der Waals surface area contributed by atoms with E-state index in [9.17, 15) is 4.79 Å². The predicted molar refractivity (Wildman–Crippen MR) is 80.0 cm³/mol. The van der Waals surface area contributed by atoms with Gasteiger partial charge in [0.1, 0.15) is 6.04 Å². The fourth-order valence-electron chi connectivity index (χ4n) is 2.25. The van der Waals surface area contributed by atoms with Gasteiger partial charge in [-0.3, -0.25) is 4.79 Å². The molecule has 108 valence electrons. The van der Waals surface area contributed by atoms with Crippen LogP contribution in [0.15, 0.2) is 35.4 Å². The van der Waals surface area contributed by atoms with E-state index in [1.165, 1.54) is 5.56 Å². The van der Waals surface area contributed by atoms with Gasteiger partial charge in [0.25, 0.3) is 5.91 Å². The van der Waals surface area contributed by atoms with Crippen LogP contribution >= 0.6 is 0 Å². The van der Waals surface area contributed by atoms with Crippen LogP contribution in [0.25, 0.3) is 0 Å². The van der Waals surface area contributed by atoms with Crippen LogP contribution in [0.3, 0.4) is 0 Å². The zero-order valence-corrected chi connectivity index (χ0v) is 12.0. The third kappa shape index (κ3) is 3.65. The van der Waals surface area contributed by atoms with Gasteiger partial charge in [0, 0.05) is 11.8 Å². The summed E-state index contributed by atoms with van der Waals surface area (Å²) in [6.45, 7) is 4.07. The molecule has 1 aromatic carbocycles. The lowest BCUT2D eigenvalue weighted by atomic mass is 10.0. The van der Waals surface area contributed by atoms with Crippen LogP contribution in [0, 0.1) is 0 Å². The number of amides is 1. The summed E-state index contributed by atoms with van der Waals surface area (Å²) in [6.07, 6.45) is 2.44. The minimum Gasteiger partial charge on any atom is -0.271 e. The van der Waals surface area contributed by atoms with Gasteiger partial charge >= 0.3 is 0 Å². The highest BCUT2D eigenvalue weighted by Gasteiger charge is 2.29. The fraction of sp³-hybridized carbons (Fsp3) is 0.467. The highest BCUT2D eigenvalue weighted by atomic mass is 16.2. The molecule has 1 amide bonds. The third-order valence-corrected chi connectivity index (χ3v) is 3.56. The number of nitrogens with one attached hydrogen (secondary N) is 3. The first-order valence-electron chi connectivity index (χ1n) is 7.15. The molecule has 2 rings (SSSR count). The van der Waals surface area contributed by atoms with Crippen LogP contribution in [-0.4, -0.2) is 17.7 Å². The van der Waals surface area contributed by atoms with E-state index < -0.39 is 0 Å². The monoisotopic (exact) mass is 274 g/mol. The average Bonchev–Trinajstić information content (AvgIpc) is 2.99. The largest absolute Gasteiger partial charge is 0.271 e. The Morgan fingerprint density at radius 2 is 1.95 bits per heavy atom. The molecule has 1 heterocycles. The Bertz CT molecular complexity index is 466. The molecule has 1 fully saturated rings. The number of benzene rings is 1. The Balaban J connectivity index is 1.89. The van der Waals surface area contributed by atoms with Gasteiger partial charge in [-0.25, -0.2) is 16.3 Å². The highest BCUT2D eigenvalue weighted by Crippen LogP contribution is 2.21. The SMILES string of the molecule is CCC(CC)=NNC(=O)C1CC(c2ccccc2)NN1. The number of hydrogen-bond donors (Lipinski definition) is 3. The van der Waals surface area contributed by atoms with E-state index in [-0.39, 0.29) is 18.0 Å². The smallest absolute Gasteiger partial charge is 0.258 e. The zero-order valence-electron chi connectivity index (χ0n) is 12.0. The van der Waals surface area contributed by atoms with Gasteiger partial charge in [-0.2, -0.15) is 5.10 Å². The highest BCUT2D eigenvalue weighted by molar-refractivity contribution is 5.87. The quantitative estimate of drug-likeness (QED) is 0.567. The summed E-state index contributed by atoms with van der Waals surface area (Å²) < 4.78 is 0. The maximum atomic E-state index is 12.0. The molecule has 20 heavy (non-hydrogen) atoms. The molecule has 5 heteroatoms. The number of carbonyl (C=O) groups excluding carboxylic acids is 1. The normalized spacial score (nSPS) is 21.5. The third-order valence-electron chi connectivity index (χ3n) is 3.56. The second-order valence-corrected chi connectivity index (χ2v) is 4.90. The van der Waals surface area contributed by atoms with Gasteiger partial charge in [0.05, 0.1) is 0 Å². The number of nitrogens with zero attached hydrogens (tertiary/aromatic N) is 1. The van der Waals surface area contributed by atoms with Crippen LogP contribution < -0.4 is 16.3 Å². The Labute approximate surface area is 119 Å². The van der Waals surface area contributed by atoms with Crippen LogP contribution in [0.2, 0.25) is 0 Å². The molecule has 0 spiro atoms. The first kappa shape index (κ1) is 14.7. The fourth-order valence-corrected chi connectivity index (χ4v) is 2.25. The first-order chi connectivity index (χ1) is 9.74. The molecule has 0 aliphatic carbocycles. The second-order valence-electron chi connectivity index (χ2n) is 4.90. The molecular formula is C15H22N4O. The van der Waals surface area contributed by atoms with E-state index in [1.807, 2.05) is 32.0 Å². The topological polar surface area (TPSA) is 65.5 Å². The van der Waals surface area contributed by atoms with Gasteiger partial charge < -0.3 is 0 Å². The van der Waals surface area contributed by atoms with Crippen molar-refractivity contribution in [1.29, 1.82) is 0 Å². The summed E-state index contributed by atoms with van der Waals surface area (Å²) in [5.74, 6) is -0.0877. The minimum atomic E-state index is -0.251. The van der Waals surface area contributed by atoms with Gasteiger partial charge in [0.2, 0.25) is 0 Å². The second kappa shape index (κ2) is 7.17. The zero-order chi connectivity index (χ0) is 14.4. The number of hydrogen-bond acceptors (Lipinski definition) is 4. The molecule has 5 nitrogen and oxygen atoms in total. The lowest BCUT2D eigenvalue weighted by molar-refractivity contribution is -0.122. The molecule has 3 N–H and O–H groups in total. The predicted octanol–water partition coefficient (Wildman–Crippen LogP) is 1.89. The number of carbonyl (C=O) groups is 1. The van der Waals surface area contributed by atoms with Crippen molar-refractivity contribution in [2.45, 2.75) is 45.2 Å². The van der Waals surface area contributed by atoms with E-state index >= 15 is 0 Å². The van der Waals surface area contributed by atoms with E-state index in [0.29, 0.717) is 0 Å². The van der Waals surface area contributed by atoms with Crippen LogP contribution in [0.1, 0.15) is 44.7 Å². The lowest BCUT2D eigenvalue weighted by Crippen LogP contribution is -2.41. The Morgan fingerprint density at radius 3 is 2.60 bits per heavy atom. The van der Waals surface area contributed by atoms with Crippen molar-refractivity contribution in [2.75, 3.05) is 0 Å². The Morgan fingerprint density at radius 1 is 1.25 bits per heavy atom. The molecule has 0 bridgehead atoms. The summed E-state index contributed by atoms with van der Waals surface area (Å²) in [4.78, 5) is 12.0. The molecule has 0 saturated carbocycles. The van der Waals surface area contributed by atoms with Crippen molar-refractivity contribution >= 4 is 11.6 Å². The standard InChI is InChI=1S/C15H22N4O/c1-3-12(4-2)16-19-15(20)14-10-13(17-18-14)11-8-6-5-7-9-11/h5-9,13-14,17-18H,3-4,10H2,1-2H3,(H,19,20). The van der Waals surface area contributed by atoms with Crippen LogP contribution in [-0.2, 0) is 4.79 Å². The summed E-state index contributed by atoms with van der Waals surface area (Å²) in [6, 6.07) is 10.0. The van der Waals surface area contributed by atoms with E-state index in [0.717, 1.165) is 25.0 Å². The van der Waals surface area contributed by atoms with Crippen molar-refractivity contribution in [2.24, 2.45) is 5.10 Å². The summed E-state index contributed by atoms with van der Waals surface area (Å²) in [5.41, 5.74) is 11.0. The van der Waals surface area contributed by atoms with Gasteiger partial charge in [-0.1, -0.05) is 44.2 Å².